The molecule has 2 N–H and O–H groups in total. The number of carbonyl (C=O) groups is 1. The summed E-state index contributed by atoms with van der Waals surface area (Å²) in [6.07, 6.45) is 10.4. The Morgan fingerprint density at radius 2 is 1.63 bits per heavy atom. The van der Waals surface area contributed by atoms with Crippen LogP contribution in [-0.2, 0) is 9.53 Å². The Kier molecular flexibility index (Phi) is 15.0. The molecular weight excluding hydrogens is 242 g/mol. The summed E-state index contributed by atoms with van der Waals surface area (Å²) in [7, 11) is 0. The van der Waals surface area contributed by atoms with Gasteiger partial charge < -0.3 is 15.2 Å². The third-order valence-corrected chi connectivity index (χ3v) is 3.06. The molecule has 0 aliphatic carbocycles. The minimum Gasteiger partial charge on any atom is -0.464 e. The number of hydrogen-bond acceptors (Lipinski definition) is 4. The summed E-state index contributed by atoms with van der Waals surface area (Å²) in [5.41, 5.74) is 0. The Morgan fingerprint density at radius 3 is 2.26 bits per heavy atom. The Bertz CT molecular complexity index is 198. The maximum Gasteiger partial charge on any atom is 0.305 e. The van der Waals surface area contributed by atoms with Crippen molar-refractivity contribution in [3.8, 4) is 0 Å². The summed E-state index contributed by atoms with van der Waals surface area (Å²) in [6, 6.07) is 0. The van der Waals surface area contributed by atoms with E-state index in [1.54, 1.807) is 0 Å². The number of rotatable bonds is 14. The van der Waals surface area contributed by atoms with E-state index >= 15 is 0 Å². The molecule has 0 fully saturated rings. The molecule has 0 spiro atoms. The summed E-state index contributed by atoms with van der Waals surface area (Å²) >= 11 is 0. The van der Waals surface area contributed by atoms with E-state index in [1.165, 1.54) is 38.5 Å². The first-order valence-corrected chi connectivity index (χ1v) is 7.78. The number of nitrogens with one attached hydrogen (secondary N) is 1. The standard InChI is InChI=1S/C15H31NO3/c1-2-3-4-5-6-7-8-9-10-15(18)19-14-12-16-11-13-17/h16-17H,2-14H2,1H3. The highest BCUT2D eigenvalue weighted by molar-refractivity contribution is 5.69. The van der Waals surface area contributed by atoms with Gasteiger partial charge in [0.1, 0.15) is 6.61 Å². The predicted molar refractivity (Wildman–Crippen MR) is 78.1 cm³/mol. The fraction of sp³-hybridized carbons (Fsp3) is 0.933. The molecule has 0 bridgehead atoms. The lowest BCUT2D eigenvalue weighted by molar-refractivity contribution is -0.143. The fourth-order valence-corrected chi connectivity index (χ4v) is 1.92. The van der Waals surface area contributed by atoms with Crippen molar-refractivity contribution in [2.24, 2.45) is 0 Å². The Balaban J connectivity index is 3.12. The molecule has 0 aliphatic rings. The molecule has 0 saturated carbocycles. The lowest BCUT2D eigenvalue weighted by Gasteiger charge is -2.05. The number of unbranched alkanes of at least 4 members (excludes halogenated alkanes) is 7. The van der Waals surface area contributed by atoms with Crippen LogP contribution in [0.25, 0.3) is 0 Å². The molecule has 0 aromatic rings. The van der Waals surface area contributed by atoms with Crippen molar-refractivity contribution in [2.45, 2.75) is 64.7 Å². The van der Waals surface area contributed by atoms with E-state index in [1.807, 2.05) is 0 Å². The summed E-state index contributed by atoms with van der Waals surface area (Å²) in [6.45, 7) is 3.91. The Hall–Kier alpha value is -0.610. The Labute approximate surface area is 117 Å². The molecule has 0 amide bonds. The zero-order valence-corrected chi connectivity index (χ0v) is 12.5. The maximum absolute atomic E-state index is 11.4. The molecule has 4 heteroatoms. The lowest BCUT2D eigenvalue weighted by Crippen LogP contribution is -2.24. The first-order chi connectivity index (χ1) is 9.31. The van der Waals surface area contributed by atoms with E-state index < -0.39 is 0 Å². The van der Waals surface area contributed by atoms with Crippen molar-refractivity contribution in [2.75, 3.05) is 26.3 Å². The van der Waals surface area contributed by atoms with Gasteiger partial charge in [-0.1, -0.05) is 51.9 Å². The van der Waals surface area contributed by atoms with E-state index in [9.17, 15) is 4.79 Å². The van der Waals surface area contributed by atoms with E-state index in [-0.39, 0.29) is 12.6 Å². The van der Waals surface area contributed by atoms with Crippen LogP contribution in [0, 0.1) is 0 Å². The molecule has 0 rings (SSSR count). The third-order valence-electron chi connectivity index (χ3n) is 3.06. The van der Waals surface area contributed by atoms with Crippen LogP contribution < -0.4 is 5.32 Å². The zero-order valence-electron chi connectivity index (χ0n) is 12.5. The molecule has 114 valence electrons. The fourth-order valence-electron chi connectivity index (χ4n) is 1.92. The normalized spacial score (nSPS) is 10.6. The van der Waals surface area contributed by atoms with Crippen molar-refractivity contribution in [3.63, 3.8) is 0 Å². The molecule has 4 nitrogen and oxygen atoms in total. The lowest BCUT2D eigenvalue weighted by atomic mass is 10.1. The van der Waals surface area contributed by atoms with Crippen LogP contribution in [0.3, 0.4) is 0 Å². The number of ether oxygens (including phenoxy) is 1. The van der Waals surface area contributed by atoms with Crippen molar-refractivity contribution < 1.29 is 14.6 Å². The second-order valence-corrected chi connectivity index (χ2v) is 4.92. The second kappa shape index (κ2) is 15.4. The zero-order chi connectivity index (χ0) is 14.2. The van der Waals surface area contributed by atoms with E-state index in [2.05, 4.69) is 12.2 Å². The van der Waals surface area contributed by atoms with E-state index in [0.717, 1.165) is 12.8 Å². The third kappa shape index (κ3) is 15.3. The molecule has 0 radical (unpaired) electrons. The van der Waals surface area contributed by atoms with Crippen LogP contribution in [0.5, 0.6) is 0 Å². The first kappa shape index (κ1) is 18.4. The molecule has 0 aromatic heterocycles. The van der Waals surface area contributed by atoms with Gasteiger partial charge in [-0.25, -0.2) is 0 Å². The highest BCUT2D eigenvalue weighted by Crippen LogP contribution is 2.09. The highest BCUT2D eigenvalue weighted by Gasteiger charge is 2.01. The topological polar surface area (TPSA) is 58.6 Å². The van der Waals surface area contributed by atoms with Gasteiger partial charge in [0.05, 0.1) is 6.61 Å². The number of carbonyl (C=O) groups excluding carboxylic acids is 1. The van der Waals surface area contributed by atoms with Gasteiger partial charge in [0.25, 0.3) is 0 Å². The van der Waals surface area contributed by atoms with Gasteiger partial charge in [-0.3, -0.25) is 4.79 Å². The molecule has 0 unspecified atom stereocenters. The number of esters is 1. The monoisotopic (exact) mass is 273 g/mol. The number of hydrogen-bond donors (Lipinski definition) is 2. The van der Waals surface area contributed by atoms with Gasteiger partial charge in [-0.2, -0.15) is 0 Å². The average molecular weight is 273 g/mol. The minimum atomic E-state index is -0.100. The Morgan fingerprint density at radius 1 is 1.00 bits per heavy atom. The first-order valence-electron chi connectivity index (χ1n) is 7.78. The van der Waals surface area contributed by atoms with Crippen LogP contribution in [-0.4, -0.2) is 37.4 Å². The summed E-state index contributed by atoms with van der Waals surface area (Å²) in [5, 5.41) is 11.5. The van der Waals surface area contributed by atoms with E-state index in [0.29, 0.717) is 26.1 Å². The molecule has 0 heterocycles. The largest absolute Gasteiger partial charge is 0.464 e. The summed E-state index contributed by atoms with van der Waals surface area (Å²) < 4.78 is 5.07. The van der Waals surface area contributed by atoms with Crippen LogP contribution in [0.4, 0.5) is 0 Å². The summed E-state index contributed by atoms with van der Waals surface area (Å²) in [5.74, 6) is -0.100. The SMILES string of the molecule is CCCCCCCCCCC(=O)OCCNCCO. The molecule has 19 heavy (non-hydrogen) atoms. The molecule has 0 saturated heterocycles. The van der Waals surface area contributed by atoms with Crippen LogP contribution in [0.15, 0.2) is 0 Å². The van der Waals surface area contributed by atoms with E-state index in [4.69, 9.17) is 9.84 Å². The van der Waals surface area contributed by atoms with Crippen molar-refractivity contribution in [1.29, 1.82) is 0 Å². The van der Waals surface area contributed by atoms with Crippen LogP contribution in [0.1, 0.15) is 64.7 Å². The molecule has 0 atom stereocenters. The second-order valence-electron chi connectivity index (χ2n) is 4.92. The number of aliphatic hydroxyl groups is 1. The molecule has 0 aromatic carbocycles. The van der Waals surface area contributed by atoms with Crippen molar-refractivity contribution in [3.05, 3.63) is 0 Å². The van der Waals surface area contributed by atoms with Crippen LogP contribution in [0.2, 0.25) is 0 Å². The maximum atomic E-state index is 11.4. The molecular formula is C15H31NO3. The highest BCUT2D eigenvalue weighted by atomic mass is 16.5. The van der Waals surface area contributed by atoms with Crippen LogP contribution >= 0.6 is 0 Å². The smallest absolute Gasteiger partial charge is 0.305 e. The van der Waals surface area contributed by atoms with Gasteiger partial charge in [-0.15, -0.1) is 0 Å². The minimum absolute atomic E-state index is 0.100. The van der Waals surface area contributed by atoms with Crippen molar-refractivity contribution in [1.82, 2.24) is 5.32 Å². The van der Waals surface area contributed by atoms with Gasteiger partial charge >= 0.3 is 5.97 Å². The quantitative estimate of drug-likeness (QED) is 0.377. The average Bonchev–Trinajstić information content (AvgIpc) is 2.41. The van der Waals surface area contributed by atoms with Gasteiger partial charge in [0.2, 0.25) is 0 Å². The molecule has 0 aliphatic heterocycles. The van der Waals surface area contributed by atoms with Gasteiger partial charge in [-0.05, 0) is 6.42 Å². The number of aliphatic hydroxyl groups excluding tert-OH is 1. The van der Waals surface area contributed by atoms with Gasteiger partial charge in [0.15, 0.2) is 0 Å². The van der Waals surface area contributed by atoms with Crippen molar-refractivity contribution >= 4 is 5.97 Å². The predicted octanol–water partition coefficient (Wildman–Crippen LogP) is 2.64. The van der Waals surface area contributed by atoms with Gasteiger partial charge in [0, 0.05) is 19.5 Å². The summed E-state index contributed by atoms with van der Waals surface area (Å²) in [4.78, 5) is 11.4.